The van der Waals surface area contributed by atoms with Gasteiger partial charge in [0.05, 0.1) is 0 Å². The highest BCUT2D eigenvalue weighted by Gasteiger charge is 2.14. The average Bonchev–Trinajstić information content (AvgIpc) is 2.27. The molecule has 0 spiro atoms. The minimum absolute atomic E-state index is 0.253. The molecule has 100 valence electrons. The molecule has 0 aliphatic heterocycles. The van der Waals surface area contributed by atoms with Gasteiger partial charge >= 0.3 is 0 Å². The van der Waals surface area contributed by atoms with Crippen LogP contribution in [0.4, 0.5) is 8.78 Å². The van der Waals surface area contributed by atoms with Crippen LogP contribution in [-0.4, -0.2) is 0 Å². The molecule has 0 aliphatic carbocycles. The fraction of sp³-hybridized carbons (Fsp3) is 0.250. The Kier molecular flexibility index (Phi) is 3.96. The Morgan fingerprint density at radius 3 is 2.21 bits per heavy atom. The molecule has 0 fully saturated rings. The van der Waals surface area contributed by atoms with E-state index in [4.69, 9.17) is 5.73 Å². The molecule has 3 heteroatoms. The summed E-state index contributed by atoms with van der Waals surface area (Å²) in [6, 6.07) is 9.10. The zero-order valence-electron chi connectivity index (χ0n) is 11.1. The number of nitrogens with two attached hydrogens (primary N) is 1. The molecule has 2 rings (SSSR count). The van der Waals surface area contributed by atoms with Crippen LogP contribution in [0.2, 0.25) is 0 Å². The molecule has 0 bridgehead atoms. The minimum Gasteiger partial charge on any atom is -0.324 e. The number of rotatable bonds is 3. The van der Waals surface area contributed by atoms with E-state index in [-0.39, 0.29) is 17.7 Å². The topological polar surface area (TPSA) is 26.0 Å². The molecule has 0 saturated heterocycles. The Labute approximate surface area is 112 Å². The Morgan fingerprint density at radius 2 is 1.63 bits per heavy atom. The first-order chi connectivity index (χ1) is 8.97. The molecular weight excluding hydrogens is 244 g/mol. The second-order valence-corrected chi connectivity index (χ2v) is 4.89. The fourth-order valence-electron chi connectivity index (χ4n) is 2.53. The highest BCUT2D eigenvalue weighted by atomic mass is 19.1. The summed E-state index contributed by atoms with van der Waals surface area (Å²) in [5.41, 5.74) is 9.63. The Hall–Kier alpha value is -1.74. The van der Waals surface area contributed by atoms with Gasteiger partial charge in [0.15, 0.2) is 0 Å². The fourth-order valence-corrected chi connectivity index (χ4v) is 2.53. The maximum Gasteiger partial charge on any atom is 0.123 e. The molecule has 1 atom stereocenters. The third kappa shape index (κ3) is 3.18. The lowest BCUT2D eigenvalue weighted by Crippen LogP contribution is -2.16. The number of hydrogen-bond acceptors (Lipinski definition) is 1. The molecule has 0 heterocycles. The molecule has 0 aliphatic rings. The third-order valence-electron chi connectivity index (χ3n) is 3.27. The van der Waals surface area contributed by atoms with Gasteiger partial charge in [0.1, 0.15) is 11.6 Å². The van der Waals surface area contributed by atoms with Crippen LogP contribution in [0.25, 0.3) is 0 Å². The van der Waals surface area contributed by atoms with Crippen molar-refractivity contribution >= 4 is 0 Å². The summed E-state index contributed by atoms with van der Waals surface area (Å²) in [5.74, 6) is -0.519. The van der Waals surface area contributed by atoms with Gasteiger partial charge in [-0.05, 0) is 66.8 Å². The van der Waals surface area contributed by atoms with Crippen LogP contribution >= 0.6 is 0 Å². The molecule has 0 amide bonds. The summed E-state index contributed by atoms with van der Waals surface area (Å²) >= 11 is 0. The first-order valence-electron chi connectivity index (χ1n) is 6.24. The van der Waals surface area contributed by atoms with Crippen molar-refractivity contribution in [2.24, 2.45) is 5.73 Å². The van der Waals surface area contributed by atoms with Crippen LogP contribution in [0.3, 0.4) is 0 Å². The average molecular weight is 261 g/mol. The van der Waals surface area contributed by atoms with E-state index in [1.54, 1.807) is 6.07 Å². The van der Waals surface area contributed by atoms with Gasteiger partial charge in [-0.25, -0.2) is 8.78 Å². The van der Waals surface area contributed by atoms with E-state index < -0.39 is 0 Å². The molecule has 2 N–H and O–H groups in total. The zero-order valence-corrected chi connectivity index (χ0v) is 11.1. The molecule has 0 aromatic heterocycles. The van der Waals surface area contributed by atoms with Crippen molar-refractivity contribution in [3.8, 4) is 0 Å². The predicted molar refractivity (Wildman–Crippen MR) is 72.9 cm³/mol. The summed E-state index contributed by atoms with van der Waals surface area (Å²) in [6.45, 7) is 3.69. The number of benzene rings is 2. The van der Waals surface area contributed by atoms with Crippen molar-refractivity contribution in [3.63, 3.8) is 0 Å². The van der Waals surface area contributed by atoms with E-state index in [0.29, 0.717) is 6.42 Å². The summed E-state index contributed by atoms with van der Waals surface area (Å²) in [4.78, 5) is 0. The molecule has 2 aromatic rings. The predicted octanol–water partition coefficient (Wildman–Crippen LogP) is 3.82. The molecule has 1 unspecified atom stereocenters. The largest absolute Gasteiger partial charge is 0.324 e. The van der Waals surface area contributed by atoms with Crippen LogP contribution in [0.1, 0.15) is 28.3 Å². The first-order valence-corrected chi connectivity index (χ1v) is 6.24. The Morgan fingerprint density at radius 1 is 1.00 bits per heavy atom. The summed E-state index contributed by atoms with van der Waals surface area (Å²) in [6.07, 6.45) is 0.533. The van der Waals surface area contributed by atoms with E-state index in [2.05, 4.69) is 0 Å². The molecule has 0 saturated carbocycles. The standard InChI is InChI=1S/C16H17F2N/c1-10-6-14(18)7-11(2)16(10)15(19)9-12-4-3-5-13(17)8-12/h3-8,15H,9,19H2,1-2H3. The van der Waals surface area contributed by atoms with Crippen molar-refractivity contribution in [1.29, 1.82) is 0 Å². The van der Waals surface area contributed by atoms with Crippen molar-refractivity contribution < 1.29 is 8.78 Å². The van der Waals surface area contributed by atoms with Crippen molar-refractivity contribution in [3.05, 3.63) is 70.3 Å². The second-order valence-electron chi connectivity index (χ2n) is 4.89. The number of halogens is 2. The minimum atomic E-state index is -0.266. The smallest absolute Gasteiger partial charge is 0.123 e. The van der Waals surface area contributed by atoms with Crippen molar-refractivity contribution in [2.45, 2.75) is 26.3 Å². The van der Waals surface area contributed by atoms with Gasteiger partial charge in [-0.1, -0.05) is 12.1 Å². The Balaban J connectivity index is 2.28. The third-order valence-corrected chi connectivity index (χ3v) is 3.27. The van der Waals surface area contributed by atoms with Gasteiger partial charge in [0, 0.05) is 6.04 Å². The van der Waals surface area contributed by atoms with Crippen LogP contribution in [-0.2, 0) is 6.42 Å². The van der Waals surface area contributed by atoms with E-state index in [1.165, 1.54) is 24.3 Å². The zero-order chi connectivity index (χ0) is 14.0. The molecule has 1 nitrogen and oxygen atoms in total. The normalized spacial score (nSPS) is 12.5. The monoisotopic (exact) mass is 261 g/mol. The lowest BCUT2D eigenvalue weighted by molar-refractivity contribution is 0.616. The second kappa shape index (κ2) is 5.49. The molecule has 2 aromatic carbocycles. The van der Waals surface area contributed by atoms with Gasteiger partial charge in [0.25, 0.3) is 0 Å². The van der Waals surface area contributed by atoms with Crippen LogP contribution in [0, 0.1) is 25.5 Å². The van der Waals surface area contributed by atoms with Gasteiger partial charge in [-0.2, -0.15) is 0 Å². The van der Waals surface area contributed by atoms with E-state index in [0.717, 1.165) is 22.3 Å². The van der Waals surface area contributed by atoms with Crippen LogP contribution in [0.5, 0.6) is 0 Å². The maximum atomic E-state index is 13.3. The Bertz CT molecular complexity index is 570. The van der Waals surface area contributed by atoms with Gasteiger partial charge in [-0.3, -0.25) is 0 Å². The van der Waals surface area contributed by atoms with Gasteiger partial charge in [0.2, 0.25) is 0 Å². The highest BCUT2D eigenvalue weighted by Crippen LogP contribution is 2.24. The van der Waals surface area contributed by atoms with Crippen LogP contribution in [0.15, 0.2) is 36.4 Å². The van der Waals surface area contributed by atoms with E-state index >= 15 is 0 Å². The van der Waals surface area contributed by atoms with E-state index in [1.807, 2.05) is 19.9 Å². The quantitative estimate of drug-likeness (QED) is 0.893. The summed E-state index contributed by atoms with van der Waals surface area (Å²) < 4.78 is 26.4. The SMILES string of the molecule is Cc1cc(F)cc(C)c1C(N)Cc1cccc(F)c1. The van der Waals surface area contributed by atoms with Gasteiger partial charge in [-0.15, -0.1) is 0 Å². The lowest BCUT2D eigenvalue weighted by atomic mass is 9.92. The highest BCUT2D eigenvalue weighted by molar-refractivity contribution is 5.37. The first kappa shape index (κ1) is 13.7. The maximum absolute atomic E-state index is 13.3. The van der Waals surface area contributed by atoms with Crippen molar-refractivity contribution in [1.82, 2.24) is 0 Å². The summed E-state index contributed by atoms with van der Waals surface area (Å²) in [7, 11) is 0. The van der Waals surface area contributed by atoms with Gasteiger partial charge < -0.3 is 5.73 Å². The summed E-state index contributed by atoms with van der Waals surface area (Å²) in [5, 5.41) is 0. The molecule has 19 heavy (non-hydrogen) atoms. The molecule has 0 radical (unpaired) electrons. The van der Waals surface area contributed by atoms with Crippen molar-refractivity contribution in [2.75, 3.05) is 0 Å². The molecular formula is C16H17F2N. The number of aryl methyl sites for hydroxylation is 2. The number of hydrogen-bond donors (Lipinski definition) is 1. The van der Waals surface area contributed by atoms with E-state index in [9.17, 15) is 8.78 Å². The van der Waals surface area contributed by atoms with Crippen LogP contribution < -0.4 is 5.73 Å². The lowest BCUT2D eigenvalue weighted by Gasteiger charge is -2.18.